The molecule has 2 heterocycles. The van der Waals surface area contributed by atoms with E-state index in [2.05, 4.69) is 5.16 Å². The number of fused-ring (bicyclic) bond motifs is 1. The lowest BCUT2D eigenvalue weighted by Gasteiger charge is -2.18. The van der Waals surface area contributed by atoms with Crippen molar-refractivity contribution in [3.8, 4) is 22.8 Å². The number of ether oxygens (including phenoxy) is 3. The van der Waals surface area contributed by atoms with Gasteiger partial charge in [0.1, 0.15) is 25.5 Å². The average Bonchev–Trinajstić information content (AvgIpc) is 3.15. The molecule has 0 aliphatic carbocycles. The fourth-order valence-corrected chi connectivity index (χ4v) is 2.51. The van der Waals surface area contributed by atoms with E-state index in [1.54, 1.807) is 30.3 Å². The van der Waals surface area contributed by atoms with Crippen LogP contribution in [-0.2, 0) is 11.3 Å². The monoisotopic (exact) mass is 337 g/mol. The Morgan fingerprint density at radius 2 is 1.80 bits per heavy atom. The lowest BCUT2D eigenvalue weighted by Crippen LogP contribution is -2.15. The molecular formula is C19H15NO5. The van der Waals surface area contributed by atoms with E-state index in [0.717, 1.165) is 5.56 Å². The molecule has 0 atom stereocenters. The zero-order chi connectivity index (χ0) is 17.1. The fraction of sp³-hybridized carbons (Fsp3) is 0.158. The van der Waals surface area contributed by atoms with Crippen LogP contribution in [0.5, 0.6) is 11.5 Å². The summed E-state index contributed by atoms with van der Waals surface area (Å²) in [7, 11) is 0. The van der Waals surface area contributed by atoms with E-state index in [4.69, 9.17) is 18.7 Å². The van der Waals surface area contributed by atoms with Crippen LogP contribution >= 0.6 is 0 Å². The normalized spacial score (nSPS) is 12.6. The van der Waals surface area contributed by atoms with Gasteiger partial charge in [0.2, 0.25) is 0 Å². The van der Waals surface area contributed by atoms with Crippen molar-refractivity contribution in [3.05, 3.63) is 65.9 Å². The molecule has 0 saturated carbocycles. The first kappa shape index (κ1) is 15.3. The van der Waals surface area contributed by atoms with Crippen molar-refractivity contribution in [1.29, 1.82) is 0 Å². The molecule has 4 rings (SSSR count). The molecule has 0 amide bonds. The van der Waals surface area contributed by atoms with Crippen LogP contribution in [0.1, 0.15) is 16.1 Å². The zero-order valence-corrected chi connectivity index (χ0v) is 13.3. The molecule has 0 N–H and O–H groups in total. The second kappa shape index (κ2) is 6.68. The minimum atomic E-state index is -0.399. The maximum atomic E-state index is 11.9. The number of carbonyl (C=O) groups is 1. The molecule has 0 bridgehead atoms. The largest absolute Gasteiger partial charge is 0.486 e. The van der Waals surface area contributed by atoms with E-state index < -0.39 is 5.97 Å². The molecule has 2 aromatic carbocycles. The summed E-state index contributed by atoms with van der Waals surface area (Å²) in [4.78, 5) is 11.9. The summed E-state index contributed by atoms with van der Waals surface area (Å²) in [5.74, 6) is 1.57. The number of nitrogens with zero attached hydrogens (tertiary/aromatic N) is 1. The molecule has 1 aromatic heterocycles. The summed E-state index contributed by atoms with van der Waals surface area (Å²) in [6.45, 7) is 1.11. The van der Waals surface area contributed by atoms with Gasteiger partial charge in [0.05, 0.1) is 5.56 Å². The molecular weight excluding hydrogens is 322 g/mol. The van der Waals surface area contributed by atoms with Gasteiger partial charge in [-0.1, -0.05) is 23.4 Å². The minimum Gasteiger partial charge on any atom is -0.486 e. The first-order valence-corrected chi connectivity index (χ1v) is 7.87. The van der Waals surface area contributed by atoms with Crippen molar-refractivity contribution in [1.82, 2.24) is 5.16 Å². The summed E-state index contributed by atoms with van der Waals surface area (Å²) >= 11 is 0. The van der Waals surface area contributed by atoms with Crippen molar-refractivity contribution in [2.75, 3.05) is 13.2 Å². The Hall–Kier alpha value is -3.28. The van der Waals surface area contributed by atoms with Crippen LogP contribution in [-0.4, -0.2) is 24.3 Å². The molecule has 0 saturated heterocycles. The molecule has 25 heavy (non-hydrogen) atoms. The summed E-state index contributed by atoms with van der Waals surface area (Å²) in [6.07, 6.45) is 0. The van der Waals surface area contributed by atoms with E-state index in [1.807, 2.05) is 24.3 Å². The van der Waals surface area contributed by atoms with Crippen LogP contribution < -0.4 is 9.47 Å². The third-order valence-corrected chi connectivity index (χ3v) is 3.75. The molecule has 0 radical (unpaired) electrons. The number of esters is 1. The summed E-state index contributed by atoms with van der Waals surface area (Å²) in [5.41, 5.74) is 1.85. The number of benzene rings is 2. The van der Waals surface area contributed by atoms with Crippen LogP contribution in [0.4, 0.5) is 0 Å². The predicted octanol–water partition coefficient (Wildman–Crippen LogP) is 3.47. The Morgan fingerprint density at radius 3 is 2.64 bits per heavy atom. The lowest BCUT2D eigenvalue weighted by atomic mass is 10.1. The van der Waals surface area contributed by atoms with Gasteiger partial charge in [-0.3, -0.25) is 0 Å². The Labute approximate surface area is 143 Å². The van der Waals surface area contributed by atoms with E-state index in [9.17, 15) is 4.79 Å². The summed E-state index contributed by atoms with van der Waals surface area (Å²) in [5, 5.41) is 3.95. The van der Waals surface area contributed by atoms with Gasteiger partial charge >= 0.3 is 5.97 Å². The number of hydrogen-bond acceptors (Lipinski definition) is 6. The van der Waals surface area contributed by atoms with Gasteiger partial charge in [0, 0.05) is 11.6 Å². The molecule has 0 spiro atoms. The van der Waals surface area contributed by atoms with Crippen LogP contribution in [0.25, 0.3) is 11.3 Å². The summed E-state index contributed by atoms with van der Waals surface area (Å²) < 4.78 is 21.7. The quantitative estimate of drug-likeness (QED) is 0.679. The molecule has 6 nitrogen and oxygen atoms in total. The maximum absolute atomic E-state index is 11.9. The lowest BCUT2D eigenvalue weighted by molar-refractivity contribution is 0.0464. The topological polar surface area (TPSA) is 70.8 Å². The van der Waals surface area contributed by atoms with Crippen molar-refractivity contribution >= 4 is 5.97 Å². The minimum absolute atomic E-state index is 0.0434. The molecule has 3 aromatic rings. The standard InChI is InChI=1S/C19H15NO5/c21-19(13-4-2-1-3-5-13)24-12-15-11-17(25-20-15)14-6-7-16-18(10-14)23-9-8-22-16/h1-7,10-11H,8-9,12H2. The Morgan fingerprint density at radius 1 is 1.00 bits per heavy atom. The van der Waals surface area contributed by atoms with Gasteiger partial charge in [0.15, 0.2) is 17.3 Å². The SMILES string of the molecule is O=C(OCc1cc(-c2ccc3c(c2)OCCO3)on1)c1ccccc1. The van der Waals surface area contributed by atoms with Gasteiger partial charge in [0.25, 0.3) is 0 Å². The van der Waals surface area contributed by atoms with E-state index in [1.165, 1.54) is 0 Å². The fourth-order valence-electron chi connectivity index (χ4n) is 2.51. The molecule has 1 aliphatic heterocycles. The second-order valence-electron chi connectivity index (χ2n) is 5.48. The van der Waals surface area contributed by atoms with Crippen molar-refractivity contribution in [3.63, 3.8) is 0 Å². The van der Waals surface area contributed by atoms with Gasteiger partial charge in [-0.05, 0) is 30.3 Å². The zero-order valence-electron chi connectivity index (χ0n) is 13.3. The molecule has 0 fully saturated rings. The Kier molecular flexibility index (Phi) is 4.08. The third kappa shape index (κ3) is 3.33. The van der Waals surface area contributed by atoms with E-state index in [-0.39, 0.29) is 6.61 Å². The predicted molar refractivity (Wildman–Crippen MR) is 88.5 cm³/mol. The average molecular weight is 337 g/mol. The molecule has 1 aliphatic rings. The molecule has 0 unspecified atom stereocenters. The van der Waals surface area contributed by atoms with Crippen LogP contribution in [0.15, 0.2) is 59.1 Å². The van der Waals surface area contributed by atoms with Gasteiger partial charge in [-0.15, -0.1) is 0 Å². The highest BCUT2D eigenvalue weighted by Crippen LogP contribution is 2.34. The smallest absolute Gasteiger partial charge is 0.338 e. The van der Waals surface area contributed by atoms with Crippen LogP contribution in [0.2, 0.25) is 0 Å². The second-order valence-corrected chi connectivity index (χ2v) is 5.48. The maximum Gasteiger partial charge on any atom is 0.338 e. The van der Waals surface area contributed by atoms with Gasteiger partial charge in [-0.25, -0.2) is 4.79 Å². The molecule has 126 valence electrons. The Balaban J connectivity index is 1.44. The van der Waals surface area contributed by atoms with E-state index >= 15 is 0 Å². The van der Waals surface area contributed by atoms with Crippen LogP contribution in [0.3, 0.4) is 0 Å². The highest BCUT2D eigenvalue weighted by atomic mass is 16.6. The van der Waals surface area contributed by atoms with Crippen molar-refractivity contribution in [2.45, 2.75) is 6.61 Å². The van der Waals surface area contributed by atoms with Crippen molar-refractivity contribution < 1.29 is 23.5 Å². The number of aromatic nitrogens is 1. The summed E-state index contributed by atoms with van der Waals surface area (Å²) in [6, 6.07) is 16.1. The molecule has 6 heteroatoms. The first-order chi connectivity index (χ1) is 12.3. The third-order valence-electron chi connectivity index (χ3n) is 3.75. The van der Waals surface area contributed by atoms with E-state index in [0.29, 0.717) is 41.7 Å². The highest BCUT2D eigenvalue weighted by Gasteiger charge is 2.15. The van der Waals surface area contributed by atoms with Crippen LogP contribution in [0, 0.1) is 0 Å². The first-order valence-electron chi connectivity index (χ1n) is 7.87. The van der Waals surface area contributed by atoms with Gasteiger partial charge in [-0.2, -0.15) is 0 Å². The van der Waals surface area contributed by atoms with Crippen molar-refractivity contribution in [2.24, 2.45) is 0 Å². The number of rotatable bonds is 4. The van der Waals surface area contributed by atoms with Gasteiger partial charge < -0.3 is 18.7 Å². The highest BCUT2D eigenvalue weighted by molar-refractivity contribution is 5.89. The Bertz CT molecular complexity index is 888. The number of carbonyl (C=O) groups excluding carboxylic acids is 1. The number of hydrogen-bond donors (Lipinski definition) is 0.